The van der Waals surface area contributed by atoms with Gasteiger partial charge in [0.25, 0.3) is 0 Å². The van der Waals surface area contributed by atoms with E-state index in [1.165, 1.54) is 0 Å². The SMILES string of the molecule is COc1cc(N(C)CCO)c(OC)cc1Cl. The van der Waals surface area contributed by atoms with Crippen molar-refractivity contribution in [3.63, 3.8) is 0 Å². The maximum atomic E-state index is 8.90. The minimum Gasteiger partial charge on any atom is -0.495 e. The van der Waals surface area contributed by atoms with Crippen LogP contribution in [0.15, 0.2) is 12.1 Å². The lowest BCUT2D eigenvalue weighted by Gasteiger charge is -2.21. The summed E-state index contributed by atoms with van der Waals surface area (Å²) < 4.78 is 10.4. The first-order valence-electron chi connectivity index (χ1n) is 4.87. The van der Waals surface area contributed by atoms with Crippen LogP contribution in [-0.2, 0) is 0 Å². The third-order valence-electron chi connectivity index (χ3n) is 2.30. The zero-order valence-corrected chi connectivity index (χ0v) is 10.4. The molecule has 4 nitrogen and oxygen atoms in total. The third-order valence-corrected chi connectivity index (χ3v) is 2.60. The molecule has 0 fully saturated rings. The number of ether oxygens (including phenoxy) is 2. The van der Waals surface area contributed by atoms with Gasteiger partial charge in [0.15, 0.2) is 0 Å². The Balaban J connectivity index is 3.13. The lowest BCUT2D eigenvalue weighted by molar-refractivity contribution is 0.303. The number of aliphatic hydroxyl groups excluding tert-OH is 1. The second-order valence-corrected chi connectivity index (χ2v) is 3.71. The van der Waals surface area contributed by atoms with Gasteiger partial charge >= 0.3 is 0 Å². The lowest BCUT2D eigenvalue weighted by Crippen LogP contribution is -2.21. The van der Waals surface area contributed by atoms with E-state index in [0.29, 0.717) is 23.1 Å². The highest BCUT2D eigenvalue weighted by Crippen LogP contribution is 2.37. The number of likely N-dealkylation sites (N-methyl/N-ethyl adjacent to an activating group) is 1. The van der Waals surface area contributed by atoms with E-state index in [2.05, 4.69) is 0 Å². The smallest absolute Gasteiger partial charge is 0.143 e. The summed E-state index contributed by atoms with van der Waals surface area (Å²) in [5.41, 5.74) is 0.831. The number of methoxy groups -OCH3 is 2. The fourth-order valence-electron chi connectivity index (χ4n) is 1.41. The second kappa shape index (κ2) is 5.82. The van der Waals surface area contributed by atoms with Gasteiger partial charge in [-0.05, 0) is 0 Å². The van der Waals surface area contributed by atoms with E-state index in [0.717, 1.165) is 5.69 Å². The molecule has 0 heterocycles. The van der Waals surface area contributed by atoms with Crippen LogP contribution >= 0.6 is 11.6 Å². The number of rotatable bonds is 5. The Kier molecular flexibility index (Phi) is 4.71. The van der Waals surface area contributed by atoms with Crippen LogP contribution in [0, 0.1) is 0 Å². The first-order chi connectivity index (χ1) is 7.63. The first kappa shape index (κ1) is 12.9. The van der Waals surface area contributed by atoms with E-state index < -0.39 is 0 Å². The van der Waals surface area contributed by atoms with Crippen LogP contribution in [0.5, 0.6) is 11.5 Å². The Morgan fingerprint density at radius 2 is 1.88 bits per heavy atom. The summed E-state index contributed by atoms with van der Waals surface area (Å²) in [7, 11) is 5.00. The van der Waals surface area contributed by atoms with E-state index in [9.17, 15) is 0 Å². The molecule has 0 aliphatic carbocycles. The average molecular weight is 246 g/mol. The van der Waals surface area contributed by atoms with E-state index in [1.807, 2.05) is 11.9 Å². The average Bonchev–Trinajstić information content (AvgIpc) is 2.28. The molecule has 0 aromatic heterocycles. The highest BCUT2D eigenvalue weighted by molar-refractivity contribution is 6.32. The number of anilines is 1. The largest absolute Gasteiger partial charge is 0.495 e. The standard InChI is InChI=1S/C11H16ClNO3/c1-13(4-5-14)9-7-10(15-2)8(12)6-11(9)16-3/h6-7,14H,4-5H2,1-3H3. The van der Waals surface area contributed by atoms with Crippen molar-refractivity contribution in [1.29, 1.82) is 0 Å². The number of aliphatic hydroxyl groups is 1. The second-order valence-electron chi connectivity index (χ2n) is 3.30. The van der Waals surface area contributed by atoms with Crippen molar-refractivity contribution in [2.45, 2.75) is 0 Å². The summed E-state index contributed by atoms with van der Waals surface area (Å²) in [6.07, 6.45) is 0. The summed E-state index contributed by atoms with van der Waals surface area (Å²) in [6, 6.07) is 3.49. The van der Waals surface area contributed by atoms with Gasteiger partial charge in [-0.3, -0.25) is 0 Å². The van der Waals surface area contributed by atoms with Crippen molar-refractivity contribution in [2.75, 3.05) is 39.3 Å². The van der Waals surface area contributed by atoms with Crippen molar-refractivity contribution >= 4 is 17.3 Å². The minimum absolute atomic E-state index is 0.0740. The normalized spacial score (nSPS) is 10.1. The van der Waals surface area contributed by atoms with Gasteiger partial charge < -0.3 is 19.5 Å². The molecule has 0 spiro atoms. The monoisotopic (exact) mass is 245 g/mol. The fraction of sp³-hybridized carbons (Fsp3) is 0.455. The van der Waals surface area contributed by atoms with Crippen LogP contribution < -0.4 is 14.4 Å². The summed E-state index contributed by atoms with van der Waals surface area (Å²) >= 11 is 5.99. The molecule has 0 radical (unpaired) electrons. The Hall–Kier alpha value is -1.13. The van der Waals surface area contributed by atoms with Gasteiger partial charge in [-0.15, -0.1) is 0 Å². The number of hydrogen-bond acceptors (Lipinski definition) is 4. The maximum Gasteiger partial charge on any atom is 0.143 e. The molecule has 0 aliphatic heterocycles. The first-order valence-corrected chi connectivity index (χ1v) is 5.25. The summed E-state index contributed by atoms with van der Waals surface area (Å²) in [6.45, 7) is 0.589. The molecule has 1 aromatic carbocycles. The topological polar surface area (TPSA) is 41.9 Å². The molecule has 5 heteroatoms. The molecule has 0 atom stereocenters. The van der Waals surface area contributed by atoms with Crippen molar-refractivity contribution < 1.29 is 14.6 Å². The molecule has 0 saturated carbocycles. The van der Waals surface area contributed by atoms with Crippen molar-refractivity contribution in [3.05, 3.63) is 17.2 Å². The molecule has 1 rings (SSSR count). The summed E-state index contributed by atoms with van der Waals surface area (Å²) in [4.78, 5) is 1.87. The van der Waals surface area contributed by atoms with Gasteiger partial charge in [0, 0.05) is 25.7 Å². The van der Waals surface area contributed by atoms with Crippen LogP contribution in [0.1, 0.15) is 0 Å². The van der Waals surface area contributed by atoms with Crippen LogP contribution in [0.3, 0.4) is 0 Å². The van der Waals surface area contributed by atoms with Crippen LogP contribution in [-0.4, -0.2) is 39.5 Å². The molecule has 0 amide bonds. The quantitative estimate of drug-likeness (QED) is 0.859. The zero-order chi connectivity index (χ0) is 12.1. The molecule has 0 saturated heterocycles. The van der Waals surface area contributed by atoms with Crippen molar-refractivity contribution in [2.24, 2.45) is 0 Å². The van der Waals surface area contributed by atoms with E-state index in [1.54, 1.807) is 26.4 Å². The number of hydrogen-bond donors (Lipinski definition) is 1. The molecular weight excluding hydrogens is 230 g/mol. The molecule has 1 N–H and O–H groups in total. The van der Waals surface area contributed by atoms with Crippen molar-refractivity contribution in [1.82, 2.24) is 0 Å². The number of nitrogens with zero attached hydrogens (tertiary/aromatic N) is 1. The Morgan fingerprint density at radius 3 is 2.38 bits per heavy atom. The van der Waals surface area contributed by atoms with Gasteiger partial charge in [0.2, 0.25) is 0 Å². The predicted molar refractivity (Wildman–Crippen MR) is 64.9 cm³/mol. The molecular formula is C11H16ClNO3. The molecule has 16 heavy (non-hydrogen) atoms. The Morgan fingerprint density at radius 1 is 1.25 bits per heavy atom. The number of halogens is 1. The highest BCUT2D eigenvalue weighted by Gasteiger charge is 2.12. The van der Waals surface area contributed by atoms with E-state index in [4.69, 9.17) is 26.2 Å². The van der Waals surface area contributed by atoms with E-state index in [-0.39, 0.29) is 6.61 Å². The highest BCUT2D eigenvalue weighted by atomic mass is 35.5. The van der Waals surface area contributed by atoms with E-state index >= 15 is 0 Å². The van der Waals surface area contributed by atoms with Gasteiger partial charge in [-0.25, -0.2) is 0 Å². The van der Waals surface area contributed by atoms with Crippen molar-refractivity contribution in [3.8, 4) is 11.5 Å². The minimum atomic E-state index is 0.0740. The summed E-state index contributed by atoms with van der Waals surface area (Å²) in [5, 5.41) is 9.40. The molecule has 0 bridgehead atoms. The van der Waals surface area contributed by atoms with Gasteiger partial charge in [-0.2, -0.15) is 0 Å². The maximum absolute atomic E-state index is 8.90. The van der Waals surface area contributed by atoms with Crippen LogP contribution in [0.2, 0.25) is 5.02 Å². The molecule has 0 unspecified atom stereocenters. The molecule has 1 aromatic rings. The fourth-order valence-corrected chi connectivity index (χ4v) is 1.64. The van der Waals surface area contributed by atoms with Gasteiger partial charge in [0.1, 0.15) is 11.5 Å². The van der Waals surface area contributed by atoms with Gasteiger partial charge in [-0.1, -0.05) is 11.6 Å². The third kappa shape index (κ3) is 2.71. The number of benzene rings is 1. The summed E-state index contributed by atoms with van der Waals surface area (Å²) in [5.74, 6) is 1.24. The van der Waals surface area contributed by atoms with Crippen LogP contribution in [0.4, 0.5) is 5.69 Å². The Labute approximate surface area is 100 Å². The lowest BCUT2D eigenvalue weighted by atomic mass is 10.2. The predicted octanol–water partition coefficient (Wildman–Crippen LogP) is 1.79. The zero-order valence-electron chi connectivity index (χ0n) is 9.66. The Bertz CT molecular complexity index is 357. The van der Waals surface area contributed by atoms with Crippen LogP contribution in [0.25, 0.3) is 0 Å². The van der Waals surface area contributed by atoms with Gasteiger partial charge in [0.05, 0.1) is 31.5 Å². The molecule has 90 valence electrons. The molecule has 0 aliphatic rings.